The van der Waals surface area contributed by atoms with Crippen LogP contribution in [-0.4, -0.2) is 32.5 Å². The highest BCUT2D eigenvalue weighted by Gasteiger charge is 2.28. The second-order valence-electron chi connectivity index (χ2n) is 7.10. The smallest absolute Gasteiger partial charge is 0.423 e. The molecule has 0 bridgehead atoms. The third-order valence-electron chi connectivity index (χ3n) is 4.81. The van der Waals surface area contributed by atoms with E-state index in [1.165, 1.54) is 24.3 Å². The van der Waals surface area contributed by atoms with E-state index >= 15 is 0 Å². The van der Waals surface area contributed by atoms with Gasteiger partial charge in [-0.25, -0.2) is 8.42 Å². The van der Waals surface area contributed by atoms with Crippen LogP contribution in [0.4, 0.5) is 11.4 Å². The first kappa shape index (κ1) is 21.2. The predicted molar refractivity (Wildman–Crippen MR) is 112 cm³/mol. The Morgan fingerprint density at radius 3 is 2.79 bits per heavy atom. The number of rotatable bonds is 7. The Morgan fingerprint density at radius 2 is 2.07 bits per heavy atom. The summed E-state index contributed by atoms with van der Waals surface area (Å²) in [5.41, 5.74) is 8.11. The average molecular weight is 417 g/mol. The predicted octanol–water partition coefficient (Wildman–Crippen LogP) is 0.744. The Morgan fingerprint density at radius 1 is 1.31 bits per heavy atom. The molecule has 2 aromatic rings. The molecular formula is C19H24BN3O5S. The lowest BCUT2D eigenvalue weighted by Gasteiger charge is -2.15. The van der Waals surface area contributed by atoms with Gasteiger partial charge in [-0.2, -0.15) is 0 Å². The molecule has 1 aliphatic rings. The topological polar surface area (TPSA) is 131 Å². The fourth-order valence-corrected chi connectivity index (χ4v) is 4.36. The van der Waals surface area contributed by atoms with E-state index in [0.29, 0.717) is 22.4 Å². The molecule has 0 aliphatic carbocycles. The molecule has 1 heterocycles. The number of fused-ring (bicyclic) bond motifs is 1. The second kappa shape index (κ2) is 8.44. The van der Waals surface area contributed by atoms with Crippen molar-refractivity contribution < 1.29 is 22.9 Å². The summed E-state index contributed by atoms with van der Waals surface area (Å²) in [7, 11) is -5.06. The van der Waals surface area contributed by atoms with E-state index in [9.17, 15) is 18.2 Å². The van der Waals surface area contributed by atoms with Gasteiger partial charge in [-0.05, 0) is 60.3 Å². The molecule has 3 rings (SSSR count). The molecule has 0 radical (unpaired) electrons. The normalized spacial score (nSPS) is 14.4. The molecule has 8 nitrogen and oxygen atoms in total. The zero-order valence-electron chi connectivity index (χ0n) is 16.3. The molecule has 0 saturated carbocycles. The van der Waals surface area contributed by atoms with Gasteiger partial charge in [0.15, 0.2) is 0 Å². The Balaban J connectivity index is 1.87. The molecule has 0 aromatic heterocycles. The SMILES string of the molecule is CCC(C)NC(=O)Cc1cc(N)ccc1S(=O)(=O)Nc1ccc2c(c1)B(O)OC2. The van der Waals surface area contributed by atoms with Gasteiger partial charge in [0.1, 0.15) is 0 Å². The summed E-state index contributed by atoms with van der Waals surface area (Å²) in [6.45, 7) is 4.10. The molecule has 1 atom stereocenters. The van der Waals surface area contributed by atoms with E-state index in [0.717, 1.165) is 12.0 Å². The highest BCUT2D eigenvalue weighted by Crippen LogP contribution is 2.23. The van der Waals surface area contributed by atoms with Crippen LogP contribution in [0.15, 0.2) is 41.3 Å². The van der Waals surface area contributed by atoms with Crippen molar-refractivity contribution in [1.82, 2.24) is 5.32 Å². The number of carbonyl (C=O) groups is 1. The zero-order chi connectivity index (χ0) is 21.2. The van der Waals surface area contributed by atoms with Crippen molar-refractivity contribution in [3.05, 3.63) is 47.5 Å². The maximum absolute atomic E-state index is 13.0. The van der Waals surface area contributed by atoms with Crippen LogP contribution in [-0.2, 0) is 32.5 Å². The van der Waals surface area contributed by atoms with Crippen molar-refractivity contribution in [1.29, 1.82) is 0 Å². The van der Waals surface area contributed by atoms with Gasteiger partial charge >= 0.3 is 7.12 Å². The Kier molecular flexibility index (Phi) is 6.16. The minimum atomic E-state index is -3.98. The van der Waals surface area contributed by atoms with Crippen molar-refractivity contribution >= 4 is 39.9 Å². The molecule has 2 aromatic carbocycles. The van der Waals surface area contributed by atoms with Crippen LogP contribution in [0.1, 0.15) is 31.4 Å². The number of sulfonamides is 1. The van der Waals surface area contributed by atoms with Crippen molar-refractivity contribution in [3.63, 3.8) is 0 Å². The van der Waals surface area contributed by atoms with E-state index in [-0.39, 0.29) is 29.9 Å². The van der Waals surface area contributed by atoms with E-state index in [1.807, 2.05) is 13.8 Å². The third kappa shape index (κ3) is 4.90. The fourth-order valence-electron chi connectivity index (χ4n) is 3.09. The Bertz CT molecular complexity index is 1030. The number of amides is 1. The number of carbonyl (C=O) groups excluding carboxylic acids is 1. The molecule has 0 spiro atoms. The summed E-state index contributed by atoms with van der Waals surface area (Å²) in [4.78, 5) is 12.3. The fraction of sp³-hybridized carbons (Fsp3) is 0.316. The second-order valence-corrected chi connectivity index (χ2v) is 8.75. The first-order valence-corrected chi connectivity index (χ1v) is 10.8. The van der Waals surface area contributed by atoms with E-state index in [2.05, 4.69) is 10.0 Å². The third-order valence-corrected chi connectivity index (χ3v) is 6.29. The molecule has 0 saturated heterocycles. The average Bonchev–Trinajstić information content (AvgIpc) is 3.01. The van der Waals surface area contributed by atoms with Crippen LogP contribution in [0.3, 0.4) is 0 Å². The Hall–Kier alpha value is -2.56. The van der Waals surface area contributed by atoms with Gasteiger partial charge in [0.25, 0.3) is 10.0 Å². The molecule has 5 N–H and O–H groups in total. The number of nitrogen functional groups attached to an aromatic ring is 1. The quantitative estimate of drug-likeness (QED) is 0.388. The summed E-state index contributed by atoms with van der Waals surface area (Å²) in [5.74, 6) is -0.279. The summed E-state index contributed by atoms with van der Waals surface area (Å²) >= 11 is 0. The van der Waals surface area contributed by atoms with Crippen LogP contribution in [0.2, 0.25) is 0 Å². The minimum absolute atomic E-state index is 0.0122. The maximum atomic E-state index is 13.0. The molecule has 0 fully saturated rings. The summed E-state index contributed by atoms with van der Waals surface area (Å²) < 4.78 is 33.6. The lowest BCUT2D eigenvalue weighted by Crippen LogP contribution is -2.33. The van der Waals surface area contributed by atoms with E-state index in [1.54, 1.807) is 12.1 Å². The number of anilines is 2. The zero-order valence-corrected chi connectivity index (χ0v) is 17.1. The molecular weight excluding hydrogens is 393 g/mol. The van der Waals surface area contributed by atoms with Gasteiger partial charge in [-0.3, -0.25) is 9.52 Å². The first-order valence-electron chi connectivity index (χ1n) is 9.32. The van der Waals surface area contributed by atoms with Gasteiger partial charge in [0.05, 0.1) is 17.9 Å². The minimum Gasteiger partial charge on any atom is -0.423 e. The number of nitrogens with one attached hydrogen (secondary N) is 2. The summed E-state index contributed by atoms with van der Waals surface area (Å²) in [5, 5.41) is 12.7. The van der Waals surface area contributed by atoms with Crippen molar-refractivity contribution in [2.45, 2.75) is 44.2 Å². The largest absolute Gasteiger partial charge is 0.491 e. The molecule has 10 heteroatoms. The Labute approximate surface area is 170 Å². The molecule has 154 valence electrons. The molecule has 1 aliphatic heterocycles. The van der Waals surface area contributed by atoms with Crippen LogP contribution in [0, 0.1) is 0 Å². The van der Waals surface area contributed by atoms with Crippen molar-refractivity contribution in [2.24, 2.45) is 0 Å². The molecule has 1 unspecified atom stereocenters. The molecule has 29 heavy (non-hydrogen) atoms. The van der Waals surface area contributed by atoms with Crippen molar-refractivity contribution in [2.75, 3.05) is 10.5 Å². The van der Waals surface area contributed by atoms with Crippen LogP contribution in [0.5, 0.6) is 0 Å². The lowest BCUT2D eigenvalue weighted by atomic mass is 9.79. The highest BCUT2D eigenvalue weighted by molar-refractivity contribution is 7.92. The maximum Gasteiger partial charge on any atom is 0.491 e. The number of hydrogen-bond acceptors (Lipinski definition) is 6. The number of nitrogens with two attached hydrogens (primary N) is 1. The summed E-state index contributed by atoms with van der Waals surface area (Å²) in [6, 6.07) is 9.18. The highest BCUT2D eigenvalue weighted by atomic mass is 32.2. The van der Waals surface area contributed by atoms with E-state index in [4.69, 9.17) is 10.4 Å². The first-order chi connectivity index (χ1) is 13.7. The lowest BCUT2D eigenvalue weighted by molar-refractivity contribution is -0.121. The molecule has 1 amide bonds. The van der Waals surface area contributed by atoms with Gasteiger partial charge in [-0.15, -0.1) is 0 Å². The van der Waals surface area contributed by atoms with Crippen LogP contribution >= 0.6 is 0 Å². The van der Waals surface area contributed by atoms with Gasteiger partial charge in [-0.1, -0.05) is 13.0 Å². The van der Waals surface area contributed by atoms with Gasteiger partial charge in [0, 0.05) is 17.4 Å². The van der Waals surface area contributed by atoms with Crippen LogP contribution in [0.25, 0.3) is 0 Å². The van der Waals surface area contributed by atoms with Crippen molar-refractivity contribution in [3.8, 4) is 0 Å². The number of benzene rings is 2. The summed E-state index contributed by atoms with van der Waals surface area (Å²) in [6.07, 6.45) is 0.658. The number of hydrogen-bond donors (Lipinski definition) is 4. The van der Waals surface area contributed by atoms with Gasteiger partial charge in [0.2, 0.25) is 5.91 Å². The van der Waals surface area contributed by atoms with Crippen LogP contribution < -0.4 is 21.2 Å². The standard InChI is InChI=1S/C19H24BN3O5S/c1-3-12(2)22-19(24)9-14-8-15(21)5-7-18(14)29(26,27)23-16-6-4-13-11-28-20(25)17(13)10-16/h4-8,10,12,23,25H,3,9,11,21H2,1-2H3,(H,22,24). The van der Waals surface area contributed by atoms with E-state index < -0.39 is 17.1 Å². The monoisotopic (exact) mass is 417 g/mol. The van der Waals surface area contributed by atoms with Gasteiger partial charge < -0.3 is 20.7 Å².